The number of hydrogen-bond donors (Lipinski definition) is 0. The Hall–Kier alpha value is -1.34. The Balaban J connectivity index is 2.22. The van der Waals surface area contributed by atoms with Crippen molar-refractivity contribution in [2.45, 2.75) is 0 Å². The molecule has 1 fully saturated rings. The normalized spacial score (nSPS) is 24.0. The molecule has 0 aliphatic carbocycles. The van der Waals surface area contributed by atoms with Gasteiger partial charge in [0, 0.05) is 5.92 Å². The largest absolute Gasteiger partial charge is 0.376 e. The zero-order chi connectivity index (χ0) is 9.80. The lowest BCUT2D eigenvalue weighted by atomic mass is 10.0. The first kappa shape index (κ1) is 9.22. The van der Waals surface area contributed by atoms with Crippen molar-refractivity contribution in [1.82, 2.24) is 0 Å². The maximum Gasteiger partial charge on any atom is 0.0687 e. The van der Waals surface area contributed by atoms with E-state index in [4.69, 9.17) is 4.74 Å². The summed E-state index contributed by atoms with van der Waals surface area (Å²) in [6.45, 7) is 5.34. The SMILES string of the molecule is C=CC1COCC1=Cc1ccccc1. The summed E-state index contributed by atoms with van der Waals surface area (Å²) in [7, 11) is 0. The smallest absolute Gasteiger partial charge is 0.0687 e. The lowest BCUT2D eigenvalue weighted by Crippen LogP contribution is -1.96. The summed E-state index contributed by atoms with van der Waals surface area (Å²) < 4.78 is 5.39. The molecule has 1 aliphatic heterocycles. The summed E-state index contributed by atoms with van der Waals surface area (Å²) in [6, 6.07) is 10.3. The van der Waals surface area contributed by atoms with E-state index >= 15 is 0 Å². The molecule has 2 rings (SSSR count). The van der Waals surface area contributed by atoms with Crippen LogP contribution in [0.15, 0.2) is 48.6 Å². The van der Waals surface area contributed by atoms with E-state index in [-0.39, 0.29) is 0 Å². The first-order valence-corrected chi connectivity index (χ1v) is 4.86. The van der Waals surface area contributed by atoms with Crippen LogP contribution in [0.2, 0.25) is 0 Å². The van der Waals surface area contributed by atoms with Crippen molar-refractivity contribution in [3.05, 3.63) is 54.1 Å². The molecule has 1 aromatic rings. The fourth-order valence-corrected chi connectivity index (χ4v) is 1.65. The van der Waals surface area contributed by atoms with E-state index in [0.29, 0.717) is 5.92 Å². The molecule has 1 heterocycles. The first-order chi connectivity index (χ1) is 6.90. The molecule has 0 spiro atoms. The Kier molecular flexibility index (Phi) is 2.80. The van der Waals surface area contributed by atoms with Crippen molar-refractivity contribution in [3.8, 4) is 0 Å². The van der Waals surface area contributed by atoms with Crippen LogP contribution in [-0.2, 0) is 4.74 Å². The molecule has 1 nitrogen and oxygen atoms in total. The molecule has 72 valence electrons. The average molecular weight is 186 g/mol. The van der Waals surface area contributed by atoms with E-state index in [2.05, 4.69) is 24.8 Å². The van der Waals surface area contributed by atoms with Gasteiger partial charge in [-0.05, 0) is 11.1 Å². The predicted molar refractivity (Wildman–Crippen MR) is 58.9 cm³/mol. The minimum absolute atomic E-state index is 0.398. The summed E-state index contributed by atoms with van der Waals surface area (Å²) in [5.74, 6) is 0.398. The van der Waals surface area contributed by atoms with Gasteiger partial charge in [0.05, 0.1) is 13.2 Å². The zero-order valence-electron chi connectivity index (χ0n) is 8.15. The highest BCUT2D eigenvalue weighted by atomic mass is 16.5. The van der Waals surface area contributed by atoms with Crippen LogP contribution in [0, 0.1) is 5.92 Å². The Morgan fingerprint density at radius 2 is 2.07 bits per heavy atom. The number of rotatable bonds is 2. The van der Waals surface area contributed by atoms with Crippen LogP contribution in [0.3, 0.4) is 0 Å². The summed E-state index contributed by atoms with van der Waals surface area (Å²) in [4.78, 5) is 0. The molecule has 1 atom stereocenters. The third-order valence-corrected chi connectivity index (χ3v) is 2.48. The van der Waals surface area contributed by atoms with Crippen molar-refractivity contribution < 1.29 is 4.74 Å². The number of ether oxygens (including phenoxy) is 1. The van der Waals surface area contributed by atoms with Gasteiger partial charge in [-0.25, -0.2) is 0 Å². The Bertz CT molecular complexity index is 338. The van der Waals surface area contributed by atoms with Crippen LogP contribution in [0.1, 0.15) is 5.56 Å². The van der Waals surface area contributed by atoms with Crippen LogP contribution in [-0.4, -0.2) is 13.2 Å². The fourth-order valence-electron chi connectivity index (χ4n) is 1.65. The quantitative estimate of drug-likeness (QED) is 0.645. The van der Waals surface area contributed by atoms with Crippen molar-refractivity contribution >= 4 is 6.08 Å². The van der Waals surface area contributed by atoms with E-state index in [1.165, 1.54) is 11.1 Å². The molecule has 0 radical (unpaired) electrons. The molecule has 1 aromatic carbocycles. The van der Waals surface area contributed by atoms with E-state index in [1.54, 1.807) is 0 Å². The second-order valence-corrected chi connectivity index (χ2v) is 3.49. The lowest BCUT2D eigenvalue weighted by Gasteiger charge is -2.02. The fraction of sp³-hybridized carbons (Fsp3) is 0.231. The topological polar surface area (TPSA) is 9.23 Å². The number of hydrogen-bond acceptors (Lipinski definition) is 1. The van der Waals surface area contributed by atoms with Gasteiger partial charge in [-0.1, -0.05) is 42.5 Å². The van der Waals surface area contributed by atoms with Crippen LogP contribution in [0.25, 0.3) is 6.08 Å². The van der Waals surface area contributed by atoms with Gasteiger partial charge in [-0.2, -0.15) is 0 Å². The highest BCUT2D eigenvalue weighted by Crippen LogP contribution is 2.22. The molecule has 0 bridgehead atoms. The molecule has 0 saturated carbocycles. The average Bonchev–Trinajstić information content (AvgIpc) is 2.67. The Labute approximate surface area is 84.7 Å². The van der Waals surface area contributed by atoms with E-state index in [1.807, 2.05) is 24.3 Å². The number of benzene rings is 1. The first-order valence-electron chi connectivity index (χ1n) is 4.86. The van der Waals surface area contributed by atoms with Crippen LogP contribution < -0.4 is 0 Å². The molecule has 0 amide bonds. The van der Waals surface area contributed by atoms with Crippen LogP contribution in [0.4, 0.5) is 0 Å². The van der Waals surface area contributed by atoms with Gasteiger partial charge in [0.15, 0.2) is 0 Å². The van der Waals surface area contributed by atoms with Crippen molar-refractivity contribution in [3.63, 3.8) is 0 Å². The summed E-state index contributed by atoms with van der Waals surface area (Å²) >= 11 is 0. The van der Waals surface area contributed by atoms with Gasteiger partial charge in [0.25, 0.3) is 0 Å². The minimum atomic E-state index is 0.398. The molecule has 1 heteroatoms. The van der Waals surface area contributed by atoms with Crippen molar-refractivity contribution in [2.75, 3.05) is 13.2 Å². The second-order valence-electron chi connectivity index (χ2n) is 3.49. The minimum Gasteiger partial charge on any atom is -0.376 e. The third-order valence-electron chi connectivity index (χ3n) is 2.48. The van der Waals surface area contributed by atoms with Crippen LogP contribution >= 0.6 is 0 Å². The van der Waals surface area contributed by atoms with E-state index in [9.17, 15) is 0 Å². The molecule has 1 saturated heterocycles. The zero-order valence-corrected chi connectivity index (χ0v) is 8.15. The maximum atomic E-state index is 5.39. The molecule has 14 heavy (non-hydrogen) atoms. The van der Waals surface area contributed by atoms with Crippen molar-refractivity contribution in [2.24, 2.45) is 5.92 Å². The standard InChI is InChI=1S/C13H14O/c1-2-12-9-14-10-13(12)8-11-6-4-3-5-7-11/h2-8,12H,1,9-10H2. The Morgan fingerprint density at radius 3 is 2.79 bits per heavy atom. The van der Waals surface area contributed by atoms with Gasteiger partial charge in [0.2, 0.25) is 0 Å². The van der Waals surface area contributed by atoms with E-state index in [0.717, 1.165) is 13.2 Å². The van der Waals surface area contributed by atoms with Gasteiger partial charge >= 0.3 is 0 Å². The van der Waals surface area contributed by atoms with Gasteiger partial charge in [-0.15, -0.1) is 6.58 Å². The molecule has 0 aromatic heterocycles. The molecular formula is C13H14O. The Morgan fingerprint density at radius 1 is 1.29 bits per heavy atom. The lowest BCUT2D eigenvalue weighted by molar-refractivity contribution is 0.195. The highest BCUT2D eigenvalue weighted by molar-refractivity contribution is 5.54. The summed E-state index contributed by atoms with van der Waals surface area (Å²) in [6.07, 6.45) is 4.15. The monoisotopic (exact) mass is 186 g/mol. The van der Waals surface area contributed by atoms with Gasteiger partial charge < -0.3 is 4.74 Å². The summed E-state index contributed by atoms with van der Waals surface area (Å²) in [5, 5.41) is 0. The predicted octanol–water partition coefficient (Wildman–Crippen LogP) is 2.90. The molecule has 1 unspecified atom stereocenters. The van der Waals surface area contributed by atoms with E-state index < -0.39 is 0 Å². The van der Waals surface area contributed by atoms with Gasteiger partial charge in [0.1, 0.15) is 0 Å². The molecular weight excluding hydrogens is 172 g/mol. The maximum absolute atomic E-state index is 5.39. The molecule has 1 aliphatic rings. The third kappa shape index (κ3) is 1.94. The highest BCUT2D eigenvalue weighted by Gasteiger charge is 2.17. The molecule has 0 N–H and O–H groups in total. The van der Waals surface area contributed by atoms with Crippen molar-refractivity contribution in [1.29, 1.82) is 0 Å². The second kappa shape index (κ2) is 4.25. The van der Waals surface area contributed by atoms with Gasteiger partial charge in [-0.3, -0.25) is 0 Å². The summed E-state index contributed by atoms with van der Waals surface area (Å²) in [5.41, 5.74) is 2.56. The van der Waals surface area contributed by atoms with Crippen LogP contribution in [0.5, 0.6) is 0 Å².